The van der Waals surface area contributed by atoms with Crippen LogP contribution in [0.15, 0.2) is 6.20 Å². The van der Waals surface area contributed by atoms with Crippen LogP contribution in [0, 0.1) is 0 Å². The van der Waals surface area contributed by atoms with Crippen molar-refractivity contribution in [1.29, 1.82) is 0 Å². The van der Waals surface area contributed by atoms with Crippen molar-refractivity contribution in [3.63, 3.8) is 0 Å². The first-order valence-electron chi connectivity index (χ1n) is 11.6. The van der Waals surface area contributed by atoms with Crippen LogP contribution in [0.25, 0.3) is 0 Å². The molecule has 0 aromatic carbocycles. The Morgan fingerprint density at radius 1 is 0.966 bits per heavy atom. The highest BCUT2D eigenvalue weighted by molar-refractivity contribution is 5.78. The Labute approximate surface area is 174 Å². The summed E-state index contributed by atoms with van der Waals surface area (Å²) < 4.78 is 0. The largest absolute Gasteiger partial charge is 0.341 e. The van der Waals surface area contributed by atoms with Gasteiger partial charge in [0.2, 0.25) is 11.9 Å². The molecule has 0 bridgehead atoms. The minimum atomic E-state index is 0.285. The van der Waals surface area contributed by atoms with E-state index in [0.29, 0.717) is 6.54 Å². The number of carbonyl (C=O) groups excluding carboxylic acids is 1. The van der Waals surface area contributed by atoms with Crippen LogP contribution in [-0.2, 0) is 17.8 Å². The van der Waals surface area contributed by atoms with Gasteiger partial charge in [-0.1, -0.05) is 6.42 Å². The molecule has 0 radical (unpaired) electrons. The van der Waals surface area contributed by atoms with Gasteiger partial charge in [0.05, 0.1) is 12.2 Å². The zero-order valence-electron chi connectivity index (χ0n) is 17.6. The van der Waals surface area contributed by atoms with Gasteiger partial charge in [0, 0.05) is 76.6 Å². The zero-order chi connectivity index (χ0) is 19.6. The van der Waals surface area contributed by atoms with Crippen molar-refractivity contribution in [3.8, 4) is 0 Å². The second-order valence-electron chi connectivity index (χ2n) is 9.15. The molecule has 1 aliphatic carbocycles. The fourth-order valence-electron chi connectivity index (χ4n) is 5.12. The predicted octanol–water partition coefficient (Wildman–Crippen LogP) is 1.52. The van der Waals surface area contributed by atoms with Crippen molar-refractivity contribution in [1.82, 2.24) is 24.7 Å². The molecule has 0 atom stereocenters. The zero-order valence-corrected chi connectivity index (χ0v) is 17.6. The molecule has 1 saturated carbocycles. The summed E-state index contributed by atoms with van der Waals surface area (Å²) in [6.07, 6.45) is 10.8. The van der Waals surface area contributed by atoms with Crippen LogP contribution in [0.5, 0.6) is 0 Å². The molecule has 7 nitrogen and oxygen atoms in total. The average Bonchev–Trinajstić information content (AvgIpc) is 2.73. The highest BCUT2D eigenvalue weighted by atomic mass is 16.2. The van der Waals surface area contributed by atoms with Gasteiger partial charge in [0.1, 0.15) is 0 Å². The molecule has 0 N–H and O–H groups in total. The highest BCUT2D eigenvalue weighted by Crippen LogP contribution is 2.26. The molecule has 5 rings (SSSR count). The Hall–Kier alpha value is -1.73. The van der Waals surface area contributed by atoms with Crippen LogP contribution < -0.4 is 4.90 Å². The Morgan fingerprint density at radius 3 is 2.48 bits per heavy atom. The van der Waals surface area contributed by atoms with E-state index < -0.39 is 0 Å². The van der Waals surface area contributed by atoms with Gasteiger partial charge in [-0.05, 0) is 32.1 Å². The molecule has 4 aliphatic rings. The number of hydrogen-bond acceptors (Lipinski definition) is 6. The summed E-state index contributed by atoms with van der Waals surface area (Å²) in [7, 11) is 0. The number of aromatic nitrogens is 2. The first-order valence-corrected chi connectivity index (χ1v) is 11.6. The number of rotatable bonds is 4. The lowest BCUT2D eigenvalue weighted by molar-refractivity contribution is -0.135. The van der Waals surface area contributed by atoms with Crippen LogP contribution in [0.4, 0.5) is 5.95 Å². The van der Waals surface area contributed by atoms with Crippen molar-refractivity contribution in [2.45, 2.75) is 57.5 Å². The van der Waals surface area contributed by atoms with Gasteiger partial charge < -0.3 is 9.80 Å². The van der Waals surface area contributed by atoms with Gasteiger partial charge in [-0.3, -0.25) is 14.6 Å². The number of fused-ring (bicyclic) bond motifs is 1. The molecule has 1 amide bonds. The lowest BCUT2D eigenvalue weighted by atomic mass is 9.91. The summed E-state index contributed by atoms with van der Waals surface area (Å²) in [5, 5.41) is 0. The lowest BCUT2D eigenvalue weighted by Crippen LogP contribution is -2.55. The van der Waals surface area contributed by atoms with E-state index in [1.165, 1.54) is 49.8 Å². The van der Waals surface area contributed by atoms with E-state index in [9.17, 15) is 4.79 Å². The van der Waals surface area contributed by atoms with Crippen molar-refractivity contribution >= 4 is 11.9 Å². The Morgan fingerprint density at radius 2 is 1.76 bits per heavy atom. The second kappa shape index (κ2) is 8.56. The fourth-order valence-corrected chi connectivity index (χ4v) is 5.12. The topological polar surface area (TPSA) is 55.8 Å². The summed E-state index contributed by atoms with van der Waals surface area (Å²) in [6, 6.07) is 0.792. The van der Waals surface area contributed by atoms with Crippen molar-refractivity contribution < 1.29 is 4.79 Å². The summed E-state index contributed by atoms with van der Waals surface area (Å²) in [5.74, 6) is 1.19. The minimum absolute atomic E-state index is 0.285. The van der Waals surface area contributed by atoms with Crippen LogP contribution in [-0.4, -0.2) is 89.0 Å². The van der Waals surface area contributed by atoms with Gasteiger partial charge in [0.25, 0.3) is 0 Å². The smallest absolute Gasteiger partial charge is 0.236 e. The number of carbonyl (C=O) groups is 1. The maximum Gasteiger partial charge on any atom is 0.236 e. The van der Waals surface area contributed by atoms with Crippen LogP contribution in [0.1, 0.15) is 49.8 Å². The van der Waals surface area contributed by atoms with E-state index in [-0.39, 0.29) is 5.91 Å². The van der Waals surface area contributed by atoms with Crippen LogP contribution >= 0.6 is 0 Å². The number of piperidine rings is 1. The van der Waals surface area contributed by atoms with E-state index in [2.05, 4.69) is 24.6 Å². The Bertz CT molecular complexity index is 722. The molecule has 2 saturated heterocycles. The summed E-state index contributed by atoms with van der Waals surface area (Å²) in [5.41, 5.74) is 2.37. The fraction of sp³-hybridized carbons (Fsp3) is 0.773. The third kappa shape index (κ3) is 4.26. The van der Waals surface area contributed by atoms with E-state index in [1.54, 1.807) is 0 Å². The normalized spacial score (nSPS) is 24.3. The number of amides is 1. The molecular weight excluding hydrogens is 364 g/mol. The summed E-state index contributed by atoms with van der Waals surface area (Å²) >= 11 is 0. The quantitative estimate of drug-likeness (QED) is 0.767. The third-order valence-corrected chi connectivity index (χ3v) is 7.26. The second-order valence-corrected chi connectivity index (χ2v) is 9.15. The van der Waals surface area contributed by atoms with Gasteiger partial charge in [-0.25, -0.2) is 9.97 Å². The summed E-state index contributed by atoms with van der Waals surface area (Å²) in [4.78, 5) is 31.6. The highest BCUT2D eigenvalue weighted by Gasteiger charge is 2.30. The molecule has 4 heterocycles. The Kier molecular flexibility index (Phi) is 5.68. The number of hydrogen-bond donors (Lipinski definition) is 0. The minimum Gasteiger partial charge on any atom is -0.341 e. The van der Waals surface area contributed by atoms with E-state index >= 15 is 0 Å². The molecule has 0 spiro atoms. The van der Waals surface area contributed by atoms with E-state index in [4.69, 9.17) is 4.98 Å². The Balaban J connectivity index is 1.13. The van der Waals surface area contributed by atoms with Gasteiger partial charge in [-0.15, -0.1) is 0 Å². The SMILES string of the molecule is O=C(CN1CCc2nc(N3CCCCC3)ncc2C1)N1CCN(C2CCC2)CC1. The molecule has 3 aliphatic heterocycles. The monoisotopic (exact) mass is 398 g/mol. The van der Waals surface area contributed by atoms with Gasteiger partial charge >= 0.3 is 0 Å². The van der Waals surface area contributed by atoms with Gasteiger partial charge in [-0.2, -0.15) is 0 Å². The molecule has 1 aromatic heterocycles. The maximum absolute atomic E-state index is 12.8. The van der Waals surface area contributed by atoms with Crippen LogP contribution in [0.2, 0.25) is 0 Å². The lowest BCUT2D eigenvalue weighted by Gasteiger charge is -2.43. The van der Waals surface area contributed by atoms with Crippen LogP contribution in [0.3, 0.4) is 0 Å². The molecule has 0 unspecified atom stereocenters. The maximum atomic E-state index is 12.8. The first kappa shape index (κ1) is 19.2. The molecular formula is C22H34N6O. The molecule has 158 valence electrons. The summed E-state index contributed by atoms with van der Waals surface area (Å²) in [6.45, 7) is 8.26. The standard InChI is InChI=1S/C22H34N6O/c29-21(27-13-11-26(12-14-27)19-5-4-6-19)17-25-10-7-20-18(16-25)15-23-22(24-20)28-8-2-1-3-9-28/h15,19H,1-14,16-17H2. The third-order valence-electron chi connectivity index (χ3n) is 7.26. The number of nitrogens with zero attached hydrogens (tertiary/aromatic N) is 6. The van der Waals surface area contributed by atoms with Crippen molar-refractivity contribution in [2.75, 3.05) is 57.3 Å². The number of piperazine rings is 1. The first-order chi connectivity index (χ1) is 14.3. The van der Waals surface area contributed by atoms with Crippen molar-refractivity contribution in [3.05, 3.63) is 17.5 Å². The van der Waals surface area contributed by atoms with Gasteiger partial charge in [0.15, 0.2) is 0 Å². The molecule has 3 fully saturated rings. The van der Waals surface area contributed by atoms with E-state index in [1.807, 2.05) is 6.20 Å². The van der Waals surface area contributed by atoms with E-state index in [0.717, 1.165) is 70.8 Å². The molecule has 1 aromatic rings. The molecule has 29 heavy (non-hydrogen) atoms. The number of anilines is 1. The predicted molar refractivity (Wildman–Crippen MR) is 113 cm³/mol. The average molecular weight is 399 g/mol. The van der Waals surface area contributed by atoms with Crippen molar-refractivity contribution in [2.24, 2.45) is 0 Å². The molecule has 7 heteroatoms.